The van der Waals surface area contributed by atoms with Crippen molar-refractivity contribution in [3.63, 3.8) is 0 Å². The van der Waals surface area contributed by atoms with Crippen LogP contribution in [0.5, 0.6) is 0 Å². The van der Waals surface area contributed by atoms with Gasteiger partial charge in [0.2, 0.25) is 0 Å². The zero-order valence-corrected chi connectivity index (χ0v) is 23.2. The number of nitriles is 1. The van der Waals surface area contributed by atoms with Gasteiger partial charge in [0.1, 0.15) is 23.8 Å². The highest BCUT2D eigenvalue weighted by molar-refractivity contribution is 6.43. The second-order valence-corrected chi connectivity index (χ2v) is 10.9. The number of benzene rings is 1. The van der Waals surface area contributed by atoms with E-state index in [0.29, 0.717) is 50.3 Å². The van der Waals surface area contributed by atoms with E-state index in [0.717, 1.165) is 5.39 Å². The Labute approximate surface area is 234 Å². The minimum absolute atomic E-state index is 0.0514. The number of carbonyl (C=O) groups is 2. The highest BCUT2D eigenvalue weighted by atomic mass is 16.5. The van der Waals surface area contributed by atoms with E-state index in [1.54, 1.807) is 17.0 Å². The topological polar surface area (TPSA) is 148 Å². The molecule has 2 saturated heterocycles. The predicted molar refractivity (Wildman–Crippen MR) is 148 cm³/mol. The summed E-state index contributed by atoms with van der Waals surface area (Å²) in [5, 5.41) is 33.0. The first-order chi connectivity index (χ1) is 19.1. The van der Waals surface area contributed by atoms with Crippen LogP contribution in [-0.4, -0.2) is 95.4 Å². The van der Waals surface area contributed by atoms with Crippen molar-refractivity contribution in [1.29, 1.82) is 5.26 Å². The SMILES string of the molecule is C[C@H]1CC[C@H](COC(=O)N[C@@H](Cc2coc3ccccc23)B(O)O)N1C(=O)/C(C#N)=C/C(C)(C)N1CCOCC1. The molecule has 0 bridgehead atoms. The third kappa shape index (κ3) is 6.85. The fourth-order valence-corrected chi connectivity index (χ4v) is 5.49. The second-order valence-electron chi connectivity index (χ2n) is 10.9. The molecule has 2 amide bonds. The average molecular weight is 552 g/mol. The van der Waals surface area contributed by atoms with Crippen molar-refractivity contribution in [3.8, 4) is 6.07 Å². The van der Waals surface area contributed by atoms with Gasteiger partial charge in [-0.05, 0) is 57.7 Å². The Kier molecular flexibility index (Phi) is 9.53. The molecule has 1 aromatic heterocycles. The Bertz CT molecular complexity index is 1260. The fourth-order valence-electron chi connectivity index (χ4n) is 5.49. The third-order valence-electron chi connectivity index (χ3n) is 7.77. The number of amides is 2. The minimum Gasteiger partial charge on any atom is -0.464 e. The first-order valence-corrected chi connectivity index (χ1v) is 13.6. The third-order valence-corrected chi connectivity index (χ3v) is 7.77. The van der Waals surface area contributed by atoms with Crippen LogP contribution in [0, 0.1) is 11.3 Å². The molecular weight excluding hydrogens is 515 g/mol. The summed E-state index contributed by atoms with van der Waals surface area (Å²) in [6.07, 6.45) is 3.84. The zero-order valence-electron chi connectivity index (χ0n) is 23.2. The molecule has 0 spiro atoms. The number of para-hydroxylation sites is 1. The Hall–Kier alpha value is -3.37. The average Bonchev–Trinajstić information content (AvgIpc) is 3.53. The van der Waals surface area contributed by atoms with Crippen LogP contribution in [0.2, 0.25) is 0 Å². The van der Waals surface area contributed by atoms with Gasteiger partial charge in [-0.25, -0.2) is 4.79 Å². The lowest BCUT2D eigenvalue weighted by atomic mass is 9.76. The van der Waals surface area contributed by atoms with Crippen molar-refractivity contribution in [2.75, 3.05) is 32.9 Å². The summed E-state index contributed by atoms with van der Waals surface area (Å²) < 4.78 is 16.4. The van der Waals surface area contributed by atoms with Gasteiger partial charge < -0.3 is 34.2 Å². The maximum atomic E-state index is 13.5. The lowest BCUT2D eigenvalue weighted by molar-refractivity contribution is -0.130. The first-order valence-electron chi connectivity index (χ1n) is 13.6. The number of hydrogen-bond acceptors (Lipinski definition) is 9. The molecule has 40 heavy (non-hydrogen) atoms. The Balaban J connectivity index is 1.38. The molecule has 2 aromatic rings. The van der Waals surface area contributed by atoms with Crippen LogP contribution in [0.3, 0.4) is 0 Å². The van der Waals surface area contributed by atoms with Crippen LogP contribution in [0.25, 0.3) is 11.0 Å². The monoisotopic (exact) mass is 552 g/mol. The molecule has 2 aliphatic heterocycles. The van der Waals surface area contributed by atoms with E-state index in [1.165, 1.54) is 6.26 Å². The van der Waals surface area contributed by atoms with E-state index < -0.39 is 36.6 Å². The Morgan fingerprint density at radius 3 is 2.70 bits per heavy atom. The van der Waals surface area contributed by atoms with Crippen LogP contribution in [0.4, 0.5) is 4.79 Å². The van der Waals surface area contributed by atoms with Gasteiger partial charge in [-0.15, -0.1) is 0 Å². The minimum atomic E-state index is -1.83. The molecule has 0 radical (unpaired) electrons. The normalized spacial score (nSPS) is 21.2. The Morgan fingerprint density at radius 1 is 1.27 bits per heavy atom. The van der Waals surface area contributed by atoms with Gasteiger partial charge in [0.15, 0.2) is 0 Å². The summed E-state index contributed by atoms with van der Waals surface area (Å²) in [7, 11) is -1.83. The van der Waals surface area contributed by atoms with Gasteiger partial charge in [0, 0.05) is 30.1 Å². The number of carbonyl (C=O) groups excluding carboxylic acids is 2. The number of hydrogen-bond donors (Lipinski definition) is 3. The quantitative estimate of drug-likeness (QED) is 0.241. The number of alkyl carbamates (subject to hydrolysis) is 1. The summed E-state index contributed by atoms with van der Waals surface area (Å²) >= 11 is 0. The number of rotatable bonds is 9. The maximum absolute atomic E-state index is 13.5. The van der Waals surface area contributed by atoms with E-state index in [9.17, 15) is 24.9 Å². The second kappa shape index (κ2) is 12.9. The van der Waals surface area contributed by atoms with E-state index in [-0.39, 0.29) is 24.6 Å². The van der Waals surface area contributed by atoms with Crippen molar-refractivity contribution in [2.45, 2.75) is 63.6 Å². The lowest BCUT2D eigenvalue weighted by Gasteiger charge is -2.39. The summed E-state index contributed by atoms with van der Waals surface area (Å²) in [6, 6.07) is 8.88. The van der Waals surface area contributed by atoms with Crippen LogP contribution in [0.1, 0.15) is 39.2 Å². The fraction of sp³-hybridized carbons (Fsp3) is 0.536. The van der Waals surface area contributed by atoms with E-state index >= 15 is 0 Å². The van der Waals surface area contributed by atoms with Gasteiger partial charge in [0.05, 0.1) is 31.5 Å². The summed E-state index contributed by atoms with van der Waals surface area (Å²) in [4.78, 5) is 30.0. The molecule has 1 aromatic carbocycles. The summed E-state index contributed by atoms with van der Waals surface area (Å²) in [5.41, 5.74) is 0.909. The molecule has 2 aliphatic rings. The summed E-state index contributed by atoms with van der Waals surface area (Å²) in [5.74, 6) is -1.43. The Morgan fingerprint density at radius 2 is 2.00 bits per heavy atom. The number of fused-ring (bicyclic) bond motifs is 1. The molecule has 214 valence electrons. The molecule has 2 fully saturated rings. The van der Waals surface area contributed by atoms with E-state index in [1.807, 2.05) is 39.0 Å². The molecule has 4 rings (SSSR count). The van der Waals surface area contributed by atoms with Crippen molar-refractivity contribution < 1.29 is 33.5 Å². The van der Waals surface area contributed by atoms with Crippen LogP contribution in [-0.2, 0) is 20.7 Å². The molecule has 0 unspecified atom stereocenters. The molecular formula is C28H37BN4O7. The number of furan rings is 1. The van der Waals surface area contributed by atoms with Crippen molar-refractivity contribution in [3.05, 3.63) is 47.7 Å². The molecule has 0 saturated carbocycles. The van der Waals surface area contributed by atoms with Gasteiger partial charge in [-0.2, -0.15) is 5.26 Å². The van der Waals surface area contributed by atoms with Crippen LogP contribution >= 0.6 is 0 Å². The molecule has 3 atom stereocenters. The molecule has 11 nitrogen and oxygen atoms in total. The number of likely N-dealkylation sites (tertiary alicyclic amines) is 1. The zero-order chi connectivity index (χ0) is 28.9. The van der Waals surface area contributed by atoms with Crippen LogP contribution in [0.15, 0.2) is 46.6 Å². The first kappa shape index (κ1) is 29.6. The molecule has 0 aliphatic carbocycles. The number of nitrogens with zero attached hydrogens (tertiary/aromatic N) is 3. The molecule has 12 heteroatoms. The standard InChI is InChI=1S/C28H37BN4O7/c1-19-8-9-22(33(19)26(34)21(16-30)15-28(2,3)32-10-12-38-13-11-32)18-40-27(35)31-25(29(36)37)14-20-17-39-24-7-5-4-6-23(20)24/h4-7,15,17,19,22,25,36-37H,8-14,18H2,1-3H3,(H,31,35)/b21-15+/t19-,22+,25-/m0/s1. The van der Waals surface area contributed by atoms with Crippen molar-refractivity contribution >= 4 is 30.1 Å². The lowest BCUT2D eigenvalue weighted by Crippen LogP contribution is -2.50. The largest absolute Gasteiger partial charge is 0.475 e. The van der Waals surface area contributed by atoms with Crippen LogP contribution < -0.4 is 5.32 Å². The maximum Gasteiger partial charge on any atom is 0.475 e. The van der Waals surface area contributed by atoms with E-state index in [4.69, 9.17) is 13.9 Å². The van der Waals surface area contributed by atoms with Gasteiger partial charge >= 0.3 is 13.2 Å². The highest BCUT2D eigenvalue weighted by Gasteiger charge is 2.38. The van der Waals surface area contributed by atoms with Crippen molar-refractivity contribution in [1.82, 2.24) is 15.1 Å². The number of nitrogens with one attached hydrogen (secondary N) is 1. The number of ether oxygens (including phenoxy) is 2. The van der Waals surface area contributed by atoms with Gasteiger partial charge in [-0.1, -0.05) is 18.2 Å². The summed E-state index contributed by atoms with van der Waals surface area (Å²) in [6.45, 7) is 8.39. The molecule has 3 heterocycles. The van der Waals surface area contributed by atoms with Gasteiger partial charge in [-0.3, -0.25) is 9.69 Å². The van der Waals surface area contributed by atoms with E-state index in [2.05, 4.69) is 16.3 Å². The molecule has 3 N–H and O–H groups in total. The predicted octanol–water partition coefficient (Wildman–Crippen LogP) is 2.02. The van der Waals surface area contributed by atoms with Crippen molar-refractivity contribution in [2.24, 2.45) is 0 Å². The number of morpholine rings is 1. The van der Waals surface area contributed by atoms with Gasteiger partial charge in [0.25, 0.3) is 5.91 Å². The smallest absolute Gasteiger partial charge is 0.464 e. The highest BCUT2D eigenvalue weighted by Crippen LogP contribution is 2.28.